The number of hydrogen-bond donors (Lipinski definition) is 2. The Hall–Kier alpha value is -1.26. The van der Waals surface area contributed by atoms with Gasteiger partial charge in [-0.15, -0.1) is 0 Å². The summed E-state index contributed by atoms with van der Waals surface area (Å²) < 4.78 is 5.55. The van der Waals surface area contributed by atoms with Crippen molar-refractivity contribution in [3.05, 3.63) is 28.8 Å². The number of ether oxygens (including phenoxy) is 1. The number of amides is 1. The second-order valence-corrected chi connectivity index (χ2v) is 4.83. The maximum absolute atomic E-state index is 11.6. The van der Waals surface area contributed by atoms with Crippen LogP contribution in [0.1, 0.15) is 18.4 Å². The number of hydrogen-bond acceptors (Lipinski definition) is 3. The van der Waals surface area contributed by atoms with Crippen molar-refractivity contribution in [1.29, 1.82) is 0 Å². The quantitative estimate of drug-likeness (QED) is 0.746. The van der Waals surface area contributed by atoms with Crippen LogP contribution in [0.5, 0.6) is 0 Å². The molecule has 2 N–H and O–H groups in total. The fourth-order valence-electron chi connectivity index (χ4n) is 2.64. The van der Waals surface area contributed by atoms with Gasteiger partial charge in [0.05, 0.1) is 5.69 Å². The molecular weight excluding hydrogens is 240 g/mol. The van der Waals surface area contributed by atoms with E-state index in [2.05, 4.69) is 10.6 Å². The average molecular weight is 253 g/mol. The van der Waals surface area contributed by atoms with E-state index in [-0.39, 0.29) is 6.09 Å². The van der Waals surface area contributed by atoms with Crippen LogP contribution < -0.4 is 10.6 Å². The van der Waals surface area contributed by atoms with Crippen molar-refractivity contribution in [2.45, 2.75) is 18.4 Å². The third-order valence-corrected chi connectivity index (χ3v) is 3.72. The van der Waals surface area contributed by atoms with Crippen LogP contribution in [0.25, 0.3) is 0 Å². The topological polar surface area (TPSA) is 50.4 Å². The second-order valence-electron chi connectivity index (χ2n) is 4.42. The monoisotopic (exact) mass is 252 g/mol. The lowest BCUT2D eigenvalue weighted by molar-refractivity contribution is -0.0125. The van der Waals surface area contributed by atoms with Crippen molar-refractivity contribution in [3.63, 3.8) is 0 Å². The first-order chi connectivity index (χ1) is 8.21. The van der Waals surface area contributed by atoms with Gasteiger partial charge in [0.25, 0.3) is 0 Å². The fraction of sp³-hybridized carbons (Fsp3) is 0.417. The van der Waals surface area contributed by atoms with Gasteiger partial charge in [-0.2, -0.15) is 0 Å². The average Bonchev–Trinajstić information content (AvgIpc) is 2.29. The van der Waals surface area contributed by atoms with Crippen molar-refractivity contribution in [3.8, 4) is 0 Å². The molecule has 0 unspecified atom stereocenters. The van der Waals surface area contributed by atoms with E-state index in [0.29, 0.717) is 5.02 Å². The molecule has 1 amide bonds. The Labute approximate surface area is 104 Å². The van der Waals surface area contributed by atoms with E-state index < -0.39 is 5.60 Å². The van der Waals surface area contributed by atoms with E-state index in [1.54, 1.807) is 0 Å². The molecular formula is C12H13ClN2O2. The molecule has 1 spiro atoms. The Balaban J connectivity index is 2.15. The normalized spacial score (nSPS) is 21.6. The molecule has 0 aromatic heterocycles. The van der Waals surface area contributed by atoms with Crippen LogP contribution in [0.3, 0.4) is 0 Å². The van der Waals surface area contributed by atoms with E-state index in [1.165, 1.54) is 0 Å². The molecule has 1 fully saturated rings. The summed E-state index contributed by atoms with van der Waals surface area (Å²) in [5.41, 5.74) is 1.14. The summed E-state index contributed by atoms with van der Waals surface area (Å²) >= 11 is 6.26. The molecule has 5 heteroatoms. The van der Waals surface area contributed by atoms with Gasteiger partial charge in [-0.25, -0.2) is 4.79 Å². The number of anilines is 1. The Kier molecular flexibility index (Phi) is 2.49. The van der Waals surface area contributed by atoms with Crippen molar-refractivity contribution in [2.75, 3.05) is 18.4 Å². The zero-order chi connectivity index (χ0) is 11.9. The van der Waals surface area contributed by atoms with Gasteiger partial charge in [0.1, 0.15) is 5.60 Å². The largest absolute Gasteiger partial charge is 0.438 e. The predicted molar refractivity (Wildman–Crippen MR) is 65.3 cm³/mol. The molecule has 0 radical (unpaired) electrons. The van der Waals surface area contributed by atoms with Crippen LogP contribution in [0.2, 0.25) is 5.02 Å². The summed E-state index contributed by atoms with van der Waals surface area (Å²) in [5, 5.41) is 6.63. The molecule has 2 aliphatic rings. The summed E-state index contributed by atoms with van der Waals surface area (Å²) in [4.78, 5) is 11.6. The van der Waals surface area contributed by atoms with E-state index >= 15 is 0 Å². The fourth-order valence-corrected chi connectivity index (χ4v) is 2.98. The molecule has 3 rings (SSSR count). The lowest BCUT2D eigenvalue weighted by atomic mass is 9.83. The first kappa shape index (κ1) is 10.9. The smallest absolute Gasteiger partial charge is 0.412 e. The first-order valence-corrected chi connectivity index (χ1v) is 6.09. The zero-order valence-electron chi connectivity index (χ0n) is 9.25. The molecule has 17 heavy (non-hydrogen) atoms. The highest BCUT2D eigenvalue weighted by Gasteiger charge is 2.44. The number of carbonyl (C=O) groups is 1. The first-order valence-electron chi connectivity index (χ1n) is 5.71. The molecule has 4 nitrogen and oxygen atoms in total. The van der Waals surface area contributed by atoms with Crippen molar-refractivity contribution < 1.29 is 9.53 Å². The van der Waals surface area contributed by atoms with Crippen LogP contribution in [-0.4, -0.2) is 19.2 Å². The molecule has 2 aliphatic heterocycles. The molecule has 1 aromatic rings. The molecule has 1 aromatic carbocycles. The maximum atomic E-state index is 11.6. The van der Waals surface area contributed by atoms with Crippen LogP contribution in [-0.2, 0) is 10.3 Å². The number of piperidine rings is 1. The number of halogens is 1. The van der Waals surface area contributed by atoms with Gasteiger partial charge in [0.2, 0.25) is 0 Å². The Bertz CT molecular complexity index is 470. The third-order valence-electron chi connectivity index (χ3n) is 3.41. The standard InChI is InChI=1S/C12H13ClN2O2/c13-8-2-1-3-9-10(8)12(17-11(16)15-9)4-6-14-7-5-12/h1-3,14H,4-7H2,(H,15,16). The van der Waals surface area contributed by atoms with E-state index in [0.717, 1.165) is 37.2 Å². The summed E-state index contributed by atoms with van der Waals surface area (Å²) in [6, 6.07) is 5.54. The Morgan fingerprint density at radius 1 is 1.29 bits per heavy atom. The molecule has 0 saturated carbocycles. The summed E-state index contributed by atoms with van der Waals surface area (Å²) in [7, 11) is 0. The number of rotatable bonds is 0. The minimum atomic E-state index is -0.554. The van der Waals surface area contributed by atoms with E-state index in [4.69, 9.17) is 16.3 Å². The van der Waals surface area contributed by atoms with Gasteiger partial charge in [0, 0.05) is 23.4 Å². The second kappa shape index (κ2) is 3.89. The van der Waals surface area contributed by atoms with Gasteiger partial charge < -0.3 is 10.1 Å². The minimum absolute atomic E-state index is 0.387. The van der Waals surface area contributed by atoms with Crippen LogP contribution in [0.15, 0.2) is 18.2 Å². The minimum Gasteiger partial charge on any atom is -0.438 e. The highest BCUT2D eigenvalue weighted by atomic mass is 35.5. The molecule has 1 saturated heterocycles. The highest BCUT2D eigenvalue weighted by Crippen LogP contribution is 2.45. The van der Waals surface area contributed by atoms with Crippen LogP contribution in [0.4, 0.5) is 10.5 Å². The zero-order valence-corrected chi connectivity index (χ0v) is 10.0. The van der Waals surface area contributed by atoms with Gasteiger partial charge in [-0.05, 0) is 25.2 Å². The Morgan fingerprint density at radius 2 is 2.06 bits per heavy atom. The van der Waals surface area contributed by atoms with Gasteiger partial charge >= 0.3 is 6.09 Å². The summed E-state index contributed by atoms with van der Waals surface area (Å²) in [6.45, 7) is 1.66. The lowest BCUT2D eigenvalue weighted by Crippen LogP contribution is -2.47. The van der Waals surface area contributed by atoms with E-state index in [1.807, 2.05) is 18.2 Å². The number of nitrogens with one attached hydrogen (secondary N) is 2. The lowest BCUT2D eigenvalue weighted by Gasteiger charge is -2.41. The van der Waals surface area contributed by atoms with Crippen LogP contribution in [0, 0.1) is 0 Å². The van der Waals surface area contributed by atoms with Crippen LogP contribution >= 0.6 is 11.6 Å². The molecule has 2 heterocycles. The molecule has 90 valence electrons. The number of benzene rings is 1. The Morgan fingerprint density at radius 3 is 2.82 bits per heavy atom. The number of fused-ring (bicyclic) bond motifs is 2. The highest BCUT2D eigenvalue weighted by molar-refractivity contribution is 6.32. The molecule has 0 atom stereocenters. The predicted octanol–water partition coefficient (Wildman–Crippen LogP) is 2.48. The van der Waals surface area contributed by atoms with Crippen molar-refractivity contribution >= 4 is 23.4 Å². The van der Waals surface area contributed by atoms with E-state index in [9.17, 15) is 4.79 Å². The van der Waals surface area contributed by atoms with Gasteiger partial charge in [-0.3, -0.25) is 5.32 Å². The SMILES string of the molecule is O=C1Nc2cccc(Cl)c2C2(CCNCC2)O1. The third kappa shape index (κ3) is 1.68. The summed E-state index contributed by atoms with van der Waals surface area (Å²) in [6.07, 6.45) is 1.13. The van der Waals surface area contributed by atoms with Gasteiger partial charge in [0.15, 0.2) is 0 Å². The molecule has 0 bridgehead atoms. The summed E-state index contributed by atoms with van der Waals surface area (Å²) in [5.74, 6) is 0. The maximum Gasteiger partial charge on any atom is 0.412 e. The van der Waals surface area contributed by atoms with Crippen molar-refractivity contribution in [2.24, 2.45) is 0 Å². The van der Waals surface area contributed by atoms with Crippen molar-refractivity contribution in [1.82, 2.24) is 5.32 Å². The number of carbonyl (C=O) groups excluding carboxylic acids is 1. The van der Waals surface area contributed by atoms with Gasteiger partial charge in [-0.1, -0.05) is 17.7 Å². The molecule has 0 aliphatic carbocycles.